The van der Waals surface area contributed by atoms with Crippen molar-refractivity contribution < 1.29 is 0 Å². The maximum absolute atomic E-state index is 2.12. The standard InChI is InChI=1S/2C7H8.C3H8.3C2H6/c2*1-7-5-3-2-4-6-7;1-3-2;3*1-2/h2*2-6H,1H3;3H2,1-2H3;3*1-2H3. The van der Waals surface area contributed by atoms with Gasteiger partial charge >= 0.3 is 0 Å². The van der Waals surface area contributed by atoms with E-state index in [9.17, 15) is 0 Å². The van der Waals surface area contributed by atoms with Gasteiger partial charge in [0.05, 0.1) is 0 Å². The third-order valence-electron chi connectivity index (χ3n) is 1.88. The summed E-state index contributed by atoms with van der Waals surface area (Å²) in [5.41, 5.74) is 2.64. The second-order valence-electron chi connectivity index (χ2n) is 4.02. The van der Waals surface area contributed by atoms with E-state index in [0.717, 1.165) is 0 Å². The van der Waals surface area contributed by atoms with E-state index in [1.165, 1.54) is 17.5 Å². The van der Waals surface area contributed by atoms with Crippen LogP contribution in [0.3, 0.4) is 0 Å². The third-order valence-corrected chi connectivity index (χ3v) is 1.88. The predicted molar refractivity (Wildman–Crippen MR) is 112 cm³/mol. The highest BCUT2D eigenvalue weighted by molar-refractivity contribution is 5.12. The van der Waals surface area contributed by atoms with E-state index in [2.05, 4.69) is 52.0 Å². The van der Waals surface area contributed by atoms with Crippen LogP contribution in [0, 0.1) is 13.8 Å². The minimum atomic E-state index is 1.25. The molecule has 0 bridgehead atoms. The highest BCUT2D eigenvalue weighted by Crippen LogP contribution is 1.92. The van der Waals surface area contributed by atoms with Gasteiger partial charge in [-0.05, 0) is 13.8 Å². The fourth-order valence-corrected chi connectivity index (χ4v) is 1.07. The van der Waals surface area contributed by atoms with E-state index in [1.807, 2.05) is 77.9 Å². The molecule has 0 amide bonds. The molecule has 0 radical (unpaired) electrons. The van der Waals surface area contributed by atoms with Crippen molar-refractivity contribution in [3.63, 3.8) is 0 Å². The molecular weight excluding hydrogens is 276 g/mol. The highest BCUT2D eigenvalue weighted by atomic mass is 13.8. The normalized spacial score (nSPS) is 6.87. The van der Waals surface area contributed by atoms with Crippen LogP contribution in [0.5, 0.6) is 0 Å². The van der Waals surface area contributed by atoms with E-state index in [-0.39, 0.29) is 0 Å². The molecule has 0 N–H and O–H groups in total. The Bertz CT molecular complexity index is 311. The quantitative estimate of drug-likeness (QED) is 0.457. The molecule has 2 rings (SSSR count). The average Bonchev–Trinajstić information content (AvgIpc) is 2.63. The third kappa shape index (κ3) is 33.3. The Hall–Kier alpha value is -1.56. The second kappa shape index (κ2) is 32.4. The molecule has 134 valence electrons. The first-order valence-corrected chi connectivity index (χ1v) is 9.24. The van der Waals surface area contributed by atoms with E-state index >= 15 is 0 Å². The fraction of sp³-hybridized carbons (Fsp3) is 0.478. The minimum absolute atomic E-state index is 1.25. The van der Waals surface area contributed by atoms with Crippen LogP contribution in [0.15, 0.2) is 60.7 Å². The molecule has 23 heavy (non-hydrogen) atoms. The number of aryl methyl sites for hydroxylation is 2. The summed E-state index contributed by atoms with van der Waals surface area (Å²) in [6.07, 6.45) is 1.25. The lowest BCUT2D eigenvalue weighted by atomic mass is 10.2. The number of hydrogen-bond donors (Lipinski definition) is 0. The van der Waals surface area contributed by atoms with Crippen LogP contribution < -0.4 is 0 Å². The smallest absolute Gasteiger partial charge is 0.0398 e. The average molecular weight is 319 g/mol. The molecule has 0 aliphatic heterocycles. The maximum atomic E-state index is 2.12. The Labute approximate surface area is 148 Å². The SMILES string of the molecule is CC.CC.CC.CCC.Cc1ccccc1.Cc1ccccc1. The van der Waals surface area contributed by atoms with Crippen LogP contribution in [-0.4, -0.2) is 0 Å². The van der Waals surface area contributed by atoms with Crippen molar-refractivity contribution >= 4 is 0 Å². The lowest BCUT2D eigenvalue weighted by molar-refractivity contribution is 1.09. The zero-order valence-electron chi connectivity index (χ0n) is 17.5. The molecule has 0 heteroatoms. The van der Waals surface area contributed by atoms with Crippen molar-refractivity contribution in [2.75, 3.05) is 0 Å². The van der Waals surface area contributed by atoms with Gasteiger partial charge in [0.1, 0.15) is 0 Å². The van der Waals surface area contributed by atoms with Gasteiger partial charge in [-0.1, -0.05) is 134 Å². The number of benzene rings is 2. The minimum Gasteiger partial charge on any atom is -0.0683 e. The maximum Gasteiger partial charge on any atom is -0.0398 e. The molecule has 0 aliphatic carbocycles. The van der Waals surface area contributed by atoms with Gasteiger partial charge in [-0.2, -0.15) is 0 Å². The van der Waals surface area contributed by atoms with Crippen molar-refractivity contribution in [2.24, 2.45) is 0 Å². The van der Waals surface area contributed by atoms with Gasteiger partial charge in [0.2, 0.25) is 0 Å². The summed E-state index contributed by atoms with van der Waals surface area (Å²) >= 11 is 0. The molecule has 0 atom stereocenters. The molecule has 0 saturated carbocycles. The molecule has 0 aromatic heterocycles. The summed E-state index contributed by atoms with van der Waals surface area (Å²) < 4.78 is 0. The second-order valence-corrected chi connectivity index (χ2v) is 4.02. The molecule has 0 nitrogen and oxygen atoms in total. The van der Waals surface area contributed by atoms with Crippen LogP contribution in [0.2, 0.25) is 0 Å². The Kier molecular flexibility index (Phi) is 41.5. The van der Waals surface area contributed by atoms with Crippen LogP contribution in [-0.2, 0) is 0 Å². The first-order valence-electron chi connectivity index (χ1n) is 9.24. The first-order chi connectivity index (χ1) is 11.2. The molecule has 0 unspecified atom stereocenters. The Morgan fingerprint density at radius 1 is 0.478 bits per heavy atom. The van der Waals surface area contributed by atoms with Gasteiger partial charge in [0, 0.05) is 0 Å². The van der Waals surface area contributed by atoms with Crippen molar-refractivity contribution in [1.29, 1.82) is 0 Å². The molecule has 2 aromatic carbocycles. The van der Waals surface area contributed by atoms with Gasteiger partial charge < -0.3 is 0 Å². The van der Waals surface area contributed by atoms with Crippen molar-refractivity contribution in [2.45, 2.75) is 75.7 Å². The molecular formula is C23H42. The van der Waals surface area contributed by atoms with Gasteiger partial charge in [-0.25, -0.2) is 0 Å². The predicted octanol–water partition coefficient (Wildman–Crippen LogP) is 8.48. The summed E-state index contributed by atoms with van der Waals surface area (Å²) in [5.74, 6) is 0. The summed E-state index contributed by atoms with van der Waals surface area (Å²) in [6.45, 7) is 20.4. The number of hydrogen-bond acceptors (Lipinski definition) is 0. The molecule has 0 fully saturated rings. The summed E-state index contributed by atoms with van der Waals surface area (Å²) in [6, 6.07) is 20.5. The van der Waals surface area contributed by atoms with E-state index in [1.54, 1.807) is 0 Å². The zero-order chi connectivity index (χ0) is 18.9. The largest absolute Gasteiger partial charge is 0.0683 e. The monoisotopic (exact) mass is 318 g/mol. The van der Waals surface area contributed by atoms with Crippen LogP contribution in [0.4, 0.5) is 0 Å². The Balaban J connectivity index is -0.000000106. The Morgan fingerprint density at radius 2 is 0.652 bits per heavy atom. The van der Waals surface area contributed by atoms with Crippen molar-refractivity contribution in [1.82, 2.24) is 0 Å². The summed E-state index contributed by atoms with van der Waals surface area (Å²) in [4.78, 5) is 0. The zero-order valence-corrected chi connectivity index (χ0v) is 17.5. The Morgan fingerprint density at radius 3 is 0.739 bits per heavy atom. The lowest BCUT2D eigenvalue weighted by Crippen LogP contribution is -1.62. The summed E-state index contributed by atoms with van der Waals surface area (Å²) in [5, 5.41) is 0. The topological polar surface area (TPSA) is 0 Å². The van der Waals surface area contributed by atoms with Gasteiger partial charge in [-0.15, -0.1) is 0 Å². The van der Waals surface area contributed by atoms with Gasteiger partial charge in [0.25, 0.3) is 0 Å². The lowest BCUT2D eigenvalue weighted by Gasteiger charge is -1.82. The molecule has 2 aromatic rings. The van der Waals surface area contributed by atoms with E-state index < -0.39 is 0 Å². The molecule has 0 spiro atoms. The fourth-order valence-electron chi connectivity index (χ4n) is 1.07. The molecule has 0 aliphatic rings. The van der Waals surface area contributed by atoms with E-state index in [4.69, 9.17) is 0 Å². The van der Waals surface area contributed by atoms with E-state index in [0.29, 0.717) is 0 Å². The highest BCUT2D eigenvalue weighted by Gasteiger charge is 1.72. The van der Waals surface area contributed by atoms with Crippen LogP contribution >= 0.6 is 0 Å². The van der Waals surface area contributed by atoms with Crippen molar-refractivity contribution in [3.05, 3.63) is 71.8 Å². The van der Waals surface area contributed by atoms with Gasteiger partial charge in [0.15, 0.2) is 0 Å². The molecule has 0 heterocycles. The first kappa shape index (κ1) is 29.5. The van der Waals surface area contributed by atoms with Gasteiger partial charge in [-0.3, -0.25) is 0 Å². The summed E-state index contributed by atoms with van der Waals surface area (Å²) in [7, 11) is 0. The van der Waals surface area contributed by atoms with Crippen LogP contribution in [0.1, 0.15) is 72.9 Å². The van der Waals surface area contributed by atoms with Crippen molar-refractivity contribution in [3.8, 4) is 0 Å². The van der Waals surface area contributed by atoms with Crippen LogP contribution in [0.25, 0.3) is 0 Å². The number of rotatable bonds is 0. The molecule has 0 saturated heterocycles.